The molecule has 0 amide bonds. The van der Waals surface area contributed by atoms with Crippen molar-refractivity contribution < 1.29 is 4.74 Å². The second-order valence-corrected chi connectivity index (χ2v) is 4.28. The van der Waals surface area contributed by atoms with Gasteiger partial charge in [-0.25, -0.2) is 4.98 Å². The Morgan fingerprint density at radius 2 is 2.18 bits per heavy atom. The molecular weight excluding hydrogens is 222 g/mol. The number of nitrogens with two attached hydrogens (primary N) is 1. The molecule has 2 aromatic heterocycles. The fraction of sp³-hybridized carbons (Fsp3) is 0.500. The van der Waals surface area contributed by atoms with Crippen LogP contribution in [0.25, 0.3) is 11.2 Å². The van der Waals surface area contributed by atoms with Crippen molar-refractivity contribution in [1.82, 2.24) is 19.9 Å². The van der Waals surface area contributed by atoms with Crippen molar-refractivity contribution in [3.8, 4) is 0 Å². The van der Waals surface area contributed by atoms with Gasteiger partial charge in [0.15, 0.2) is 11.2 Å². The number of nitrogens with zero attached hydrogens (tertiary/aromatic N) is 2. The molecule has 0 saturated carbocycles. The quantitative estimate of drug-likeness (QED) is 0.665. The van der Waals surface area contributed by atoms with Gasteiger partial charge in [0.2, 0.25) is 5.95 Å². The van der Waals surface area contributed by atoms with Gasteiger partial charge in [-0.2, -0.15) is 4.98 Å². The Morgan fingerprint density at radius 3 is 2.88 bits per heavy atom. The Kier molecular flexibility index (Phi) is 2.15. The second kappa shape index (κ2) is 3.56. The Hall–Kier alpha value is -1.89. The molecule has 1 aliphatic heterocycles. The fourth-order valence-electron chi connectivity index (χ4n) is 2.10. The Labute approximate surface area is 96.4 Å². The van der Waals surface area contributed by atoms with Crippen LogP contribution in [0.15, 0.2) is 4.79 Å². The van der Waals surface area contributed by atoms with Crippen LogP contribution < -0.4 is 11.3 Å². The molecule has 90 valence electrons. The number of nitrogens with one attached hydrogen (secondary N) is 2. The highest BCUT2D eigenvalue weighted by atomic mass is 16.5. The molecule has 7 heteroatoms. The molecule has 0 aromatic carbocycles. The van der Waals surface area contributed by atoms with E-state index < -0.39 is 0 Å². The van der Waals surface area contributed by atoms with E-state index in [1.807, 2.05) is 6.92 Å². The summed E-state index contributed by atoms with van der Waals surface area (Å²) in [6.45, 7) is 2.02. The van der Waals surface area contributed by atoms with Crippen LogP contribution in [0, 0.1) is 0 Å². The van der Waals surface area contributed by atoms with E-state index in [4.69, 9.17) is 10.5 Å². The lowest BCUT2D eigenvalue weighted by Crippen LogP contribution is -2.11. The first-order valence-electron chi connectivity index (χ1n) is 5.54. The monoisotopic (exact) mass is 235 g/mol. The SMILES string of the molecule is CC1CCC(c2nc3nc(N)[nH]c(=O)c3[nH]2)O1. The van der Waals surface area contributed by atoms with Gasteiger partial charge in [-0.3, -0.25) is 9.78 Å². The van der Waals surface area contributed by atoms with Gasteiger partial charge in [0, 0.05) is 0 Å². The highest BCUT2D eigenvalue weighted by Crippen LogP contribution is 2.31. The van der Waals surface area contributed by atoms with E-state index >= 15 is 0 Å². The summed E-state index contributed by atoms with van der Waals surface area (Å²) in [7, 11) is 0. The van der Waals surface area contributed by atoms with Gasteiger partial charge in [-0.05, 0) is 19.8 Å². The van der Waals surface area contributed by atoms with Crippen molar-refractivity contribution in [2.75, 3.05) is 5.73 Å². The summed E-state index contributed by atoms with van der Waals surface area (Å²) in [5, 5.41) is 0. The van der Waals surface area contributed by atoms with E-state index in [9.17, 15) is 4.79 Å². The van der Waals surface area contributed by atoms with Crippen molar-refractivity contribution in [3.63, 3.8) is 0 Å². The molecule has 0 radical (unpaired) electrons. The highest BCUT2D eigenvalue weighted by Gasteiger charge is 2.26. The predicted octanol–water partition coefficient (Wildman–Crippen LogP) is 0.468. The van der Waals surface area contributed by atoms with Gasteiger partial charge < -0.3 is 15.5 Å². The number of nitrogen functional groups attached to an aromatic ring is 1. The van der Waals surface area contributed by atoms with Crippen LogP contribution >= 0.6 is 0 Å². The maximum Gasteiger partial charge on any atom is 0.278 e. The molecule has 0 bridgehead atoms. The lowest BCUT2D eigenvalue weighted by molar-refractivity contribution is 0.0510. The smallest absolute Gasteiger partial charge is 0.278 e. The third-order valence-electron chi connectivity index (χ3n) is 2.93. The van der Waals surface area contributed by atoms with Crippen LogP contribution in [-0.4, -0.2) is 26.0 Å². The topological polar surface area (TPSA) is 110 Å². The molecular formula is C10H13N5O2. The first-order chi connectivity index (χ1) is 8.13. The molecule has 7 nitrogen and oxygen atoms in total. The predicted molar refractivity (Wildman–Crippen MR) is 61.4 cm³/mol. The zero-order valence-corrected chi connectivity index (χ0v) is 9.36. The van der Waals surface area contributed by atoms with Gasteiger partial charge in [0.25, 0.3) is 5.56 Å². The minimum Gasteiger partial charge on any atom is -0.369 e. The van der Waals surface area contributed by atoms with Gasteiger partial charge in [0.1, 0.15) is 11.9 Å². The van der Waals surface area contributed by atoms with Crippen LogP contribution in [0.4, 0.5) is 5.95 Å². The number of aromatic nitrogens is 4. The zero-order chi connectivity index (χ0) is 12.0. The maximum absolute atomic E-state index is 11.6. The molecule has 3 rings (SSSR count). The third kappa shape index (κ3) is 1.68. The summed E-state index contributed by atoms with van der Waals surface area (Å²) in [5.41, 5.74) is 5.83. The van der Waals surface area contributed by atoms with Gasteiger partial charge >= 0.3 is 0 Å². The summed E-state index contributed by atoms with van der Waals surface area (Å²) >= 11 is 0. The lowest BCUT2D eigenvalue weighted by atomic mass is 10.2. The van der Waals surface area contributed by atoms with Crippen molar-refractivity contribution in [2.45, 2.75) is 32.0 Å². The van der Waals surface area contributed by atoms with Gasteiger partial charge in [-0.1, -0.05) is 0 Å². The zero-order valence-electron chi connectivity index (χ0n) is 9.36. The number of fused-ring (bicyclic) bond motifs is 1. The average molecular weight is 235 g/mol. The molecule has 0 spiro atoms. The van der Waals surface area contributed by atoms with Crippen molar-refractivity contribution >= 4 is 17.1 Å². The highest BCUT2D eigenvalue weighted by molar-refractivity contribution is 5.70. The Bertz CT molecular complexity index is 617. The van der Waals surface area contributed by atoms with Crippen molar-refractivity contribution in [3.05, 3.63) is 16.2 Å². The first-order valence-corrected chi connectivity index (χ1v) is 5.54. The number of imidazole rings is 1. The van der Waals surface area contributed by atoms with Crippen LogP contribution in [-0.2, 0) is 4.74 Å². The van der Waals surface area contributed by atoms with Crippen molar-refractivity contribution in [2.24, 2.45) is 0 Å². The first kappa shape index (κ1) is 10.3. The second-order valence-electron chi connectivity index (χ2n) is 4.28. The van der Waals surface area contributed by atoms with E-state index in [0.717, 1.165) is 12.8 Å². The lowest BCUT2D eigenvalue weighted by Gasteiger charge is -2.06. The number of anilines is 1. The average Bonchev–Trinajstić information content (AvgIpc) is 2.83. The molecule has 1 fully saturated rings. The number of H-pyrrole nitrogens is 2. The summed E-state index contributed by atoms with van der Waals surface area (Å²) < 4.78 is 5.68. The van der Waals surface area contributed by atoms with E-state index in [1.54, 1.807) is 0 Å². The molecule has 1 aliphatic rings. The third-order valence-corrected chi connectivity index (χ3v) is 2.93. The molecule has 3 heterocycles. The fourth-order valence-corrected chi connectivity index (χ4v) is 2.10. The molecule has 0 aliphatic carbocycles. The van der Waals surface area contributed by atoms with Crippen LogP contribution in [0.1, 0.15) is 31.7 Å². The van der Waals surface area contributed by atoms with Crippen LogP contribution in [0.3, 0.4) is 0 Å². The van der Waals surface area contributed by atoms with E-state index in [-0.39, 0.29) is 23.7 Å². The molecule has 17 heavy (non-hydrogen) atoms. The molecule has 2 aromatic rings. The Balaban J connectivity index is 2.08. The molecule has 1 saturated heterocycles. The van der Waals surface area contributed by atoms with Crippen LogP contribution in [0.2, 0.25) is 0 Å². The van der Waals surface area contributed by atoms with Crippen LogP contribution in [0.5, 0.6) is 0 Å². The van der Waals surface area contributed by atoms with E-state index in [0.29, 0.717) is 17.0 Å². The summed E-state index contributed by atoms with van der Waals surface area (Å²) in [6, 6.07) is 0. The number of hydrogen-bond acceptors (Lipinski definition) is 5. The largest absolute Gasteiger partial charge is 0.369 e. The Morgan fingerprint density at radius 1 is 1.35 bits per heavy atom. The minimum atomic E-state index is -0.308. The molecule has 2 atom stereocenters. The normalized spacial score (nSPS) is 24.5. The maximum atomic E-state index is 11.6. The van der Waals surface area contributed by atoms with Gasteiger partial charge in [0.05, 0.1) is 6.10 Å². The molecule has 4 N–H and O–H groups in total. The molecule has 2 unspecified atom stereocenters. The summed E-state index contributed by atoms with van der Waals surface area (Å²) in [4.78, 5) is 25.2. The van der Waals surface area contributed by atoms with E-state index in [2.05, 4.69) is 19.9 Å². The van der Waals surface area contributed by atoms with Gasteiger partial charge in [-0.15, -0.1) is 0 Å². The number of rotatable bonds is 1. The van der Waals surface area contributed by atoms with Crippen molar-refractivity contribution in [1.29, 1.82) is 0 Å². The standard InChI is InChI=1S/C10H13N5O2/c1-4-2-3-5(17-4)7-12-6-8(13-7)14-10(11)15-9(6)16/h4-5H,2-3H2,1H3,(H4,11,12,13,14,15,16). The number of hydrogen-bond donors (Lipinski definition) is 3. The summed E-state index contributed by atoms with van der Waals surface area (Å²) in [5.74, 6) is 0.717. The summed E-state index contributed by atoms with van der Waals surface area (Å²) in [6.07, 6.45) is 2.03. The number of ether oxygens (including phenoxy) is 1. The minimum absolute atomic E-state index is 0.0706. The number of aromatic amines is 2. The van der Waals surface area contributed by atoms with E-state index in [1.165, 1.54) is 0 Å².